The van der Waals surface area contributed by atoms with Crippen molar-refractivity contribution in [3.05, 3.63) is 29.8 Å². The molecular formula is C37H59N9O18. The van der Waals surface area contributed by atoms with E-state index < -0.39 is 145 Å². The van der Waals surface area contributed by atoms with E-state index in [1.807, 2.05) is 0 Å². The minimum Gasteiger partial charge on any atom is -0.508 e. The minimum atomic E-state index is -2.00. The number of hydrogen-bond acceptors (Lipinski definition) is 17. The number of aliphatic hydroxyl groups is 5. The van der Waals surface area contributed by atoms with Crippen LogP contribution < -0.4 is 48.7 Å². The molecule has 0 unspecified atom stereocenters. The summed E-state index contributed by atoms with van der Waals surface area (Å²) in [6.07, 6.45) is -8.10. The van der Waals surface area contributed by atoms with Crippen LogP contribution in [-0.4, -0.2) is 179 Å². The smallest absolute Gasteiger partial charge is 0.328 e. The lowest BCUT2D eigenvalue weighted by atomic mass is 10.0. The number of phenolic OH excluding ortho intramolecular Hbond substituents is 1. The van der Waals surface area contributed by atoms with Gasteiger partial charge >= 0.3 is 5.97 Å². The Morgan fingerprint density at radius 2 is 0.859 bits per heavy atom. The maximum atomic E-state index is 13.6. The highest BCUT2D eigenvalue weighted by atomic mass is 16.4. The Hall–Kier alpha value is -6.52. The second-order valence-corrected chi connectivity index (χ2v) is 14.5. The van der Waals surface area contributed by atoms with Crippen LogP contribution in [0.4, 0.5) is 0 Å². The van der Waals surface area contributed by atoms with Gasteiger partial charge in [-0.1, -0.05) is 12.1 Å². The molecule has 19 N–H and O–H groups in total. The summed E-state index contributed by atoms with van der Waals surface area (Å²) in [5, 5.41) is 91.9. The summed E-state index contributed by atoms with van der Waals surface area (Å²) in [5.74, 6) is -12.1. The molecule has 12 atom stereocenters. The van der Waals surface area contributed by atoms with Gasteiger partial charge in [0, 0.05) is 13.3 Å². The number of carbonyl (C=O) groups is 10. The molecule has 64 heavy (non-hydrogen) atoms. The van der Waals surface area contributed by atoms with E-state index >= 15 is 0 Å². The number of carbonyl (C=O) groups excluding carboxylic acids is 8. The van der Waals surface area contributed by atoms with Gasteiger partial charge in [0.05, 0.1) is 43.5 Å². The zero-order chi connectivity index (χ0) is 49.8. The average Bonchev–Trinajstić information content (AvgIpc) is 3.17. The lowest BCUT2D eigenvalue weighted by molar-refractivity contribution is -0.145. The van der Waals surface area contributed by atoms with E-state index in [0.717, 1.165) is 34.6 Å². The van der Waals surface area contributed by atoms with Gasteiger partial charge in [-0.3, -0.25) is 43.2 Å². The number of aromatic hydroxyl groups is 1. The van der Waals surface area contributed by atoms with E-state index in [2.05, 4.69) is 37.2 Å². The second-order valence-electron chi connectivity index (χ2n) is 14.5. The van der Waals surface area contributed by atoms with Crippen molar-refractivity contribution in [3.8, 4) is 5.75 Å². The predicted octanol–water partition coefficient (Wildman–Crippen LogP) is -7.76. The Morgan fingerprint density at radius 3 is 1.22 bits per heavy atom. The van der Waals surface area contributed by atoms with Gasteiger partial charge in [0.2, 0.25) is 47.3 Å². The fourth-order valence-electron chi connectivity index (χ4n) is 5.12. The lowest BCUT2D eigenvalue weighted by Crippen LogP contribution is -2.64. The maximum absolute atomic E-state index is 13.6. The largest absolute Gasteiger partial charge is 0.508 e. The summed E-state index contributed by atoms with van der Waals surface area (Å²) >= 11 is 0. The highest BCUT2D eigenvalue weighted by molar-refractivity contribution is 5.99. The van der Waals surface area contributed by atoms with Crippen LogP contribution in [0.25, 0.3) is 0 Å². The highest BCUT2D eigenvalue weighted by Gasteiger charge is 2.38. The molecule has 0 fully saturated rings. The molecule has 360 valence electrons. The van der Waals surface area contributed by atoms with E-state index in [9.17, 15) is 78.9 Å². The normalized spacial score (nSPS) is 16.4. The number of phenols is 1. The highest BCUT2D eigenvalue weighted by Crippen LogP contribution is 2.13. The van der Waals surface area contributed by atoms with E-state index in [1.165, 1.54) is 31.2 Å². The van der Waals surface area contributed by atoms with Crippen molar-refractivity contribution < 1.29 is 88.8 Å². The number of aliphatic hydroxyl groups excluding tert-OH is 5. The Balaban J connectivity index is 0.00000948. The van der Waals surface area contributed by atoms with Crippen LogP contribution in [0.3, 0.4) is 0 Å². The monoisotopic (exact) mass is 917 g/mol. The first-order valence-corrected chi connectivity index (χ1v) is 19.2. The Morgan fingerprint density at radius 1 is 0.531 bits per heavy atom. The van der Waals surface area contributed by atoms with E-state index in [0.29, 0.717) is 5.56 Å². The molecule has 0 aliphatic heterocycles. The third-order valence-electron chi connectivity index (χ3n) is 8.51. The fraction of sp³-hybridized carbons (Fsp3) is 0.568. The van der Waals surface area contributed by atoms with Crippen molar-refractivity contribution >= 4 is 59.2 Å². The van der Waals surface area contributed by atoms with Crippen molar-refractivity contribution in [1.29, 1.82) is 0 Å². The molecule has 0 radical (unpaired) electrons. The summed E-state index contributed by atoms with van der Waals surface area (Å²) < 4.78 is 0. The Bertz CT molecular complexity index is 1790. The van der Waals surface area contributed by atoms with Crippen molar-refractivity contribution in [2.45, 2.75) is 127 Å². The van der Waals surface area contributed by atoms with Crippen LogP contribution in [0.2, 0.25) is 0 Å². The first kappa shape index (κ1) is 57.5. The number of rotatable bonds is 24. The Kier molecular flexibility index (Phi) is 24.7. The Labute approximate surface area is 365 Å². The third kappa shape index (κ3) is 20.6. The molecule has 0 aromatic heterocycles. The van der Waals surface area contributed by atoms with Gasteiger partial charge in [0.25, 0.3) is 5.97 Å². The molecular weight excluding hydrogens is 858 g/mol. The maximum Gasteiger partial charge on any atom is 0.328 e. The first-order chi connectivity index (χ1) is 29.5. The topological polar surface area (TPSA) is 469 Å². The van der Waals surface area contributed by atoms with Crippen molar-refractivity contribution in [1.82, 2.24) is 37.2 Å². The van der Waals surface area contributed by atoms with Gasteiger partial charge in [0.15, 0.2) is 6.04 Å². The molecule has 0 aliphatic carbocycles. The predicted molar refractivity (Wildman–Crippen MR) is 218 cm³/mol. The molecule has 0 aliphatic rings. The van der Waals surface area contributed by atoms with Crippen LogP contribution in [0.5, 0.6) is 5.75 Å². The summed E-state index contributed by atoms with van der Waals surface area (Å²) in [7, 11) is 0. The molecule has 27 nitrogen and oxygen atoms in total. The van der Waals surface area contributed by atoms with E-state index in [-0.39, 0.29) is 12.2 Å². The number of nitrogens with two attached hydrogens (primary N) is 2. The van der Waals surface area contributed by atoms with Crippen LogP contribution in [0.15, 0.2) is 24.3 Å². The molecule has 1 rings (SSSR count). The van der Waals surface area contributed by atoms with Gasteiger partial charge in [-0.05, 0) is 52.3 Å². The van der Waals surface area contributed by atoms with E-state index in [1.54, 1.807) is 0 Å². The van der Waals surface area contributed by atoms with Gasteiger partial charge in [-0.2, -0.15) is 0 Å². The number of hydrogen-bond donors (Lipinski definition) is 17. The number of amides is 8. The molecule has 0 bridgehead atoms. The van der Waals surface area contributed by atoms with Gasteiger partial charge in [0.1, 0.15) is 42.0 Å². The van der Waals surface area contributed by atoms with E-state index in [4.69, 9.17) is 21.4 Å². The molecule has 1 aromatic rings. The van der Waals surface area contributed by atoms with Gasteiger partial charge in [-0.15, -0.1) is 0 Å². The van der Waals surface area contributed by atoms with Crippen molar-refractivity contribution in [2.75, 3.05) is 6.61 Å². The molecule has 0 saturated carbocycles. The molecule has 0 spiro atoms. The molecule has 1 aromatic carbocycles. The van der Waals surface area contributed by atoms with Crippen LogP contribution >= 0.6 is 0 Å². The minimum absolute atomic E-state index is 0.152. The summed E-state index contributed by atoms with van der Waals surface area (Å²) in [6.45, 7) is 5.61. The van der Waals surface area contributed by atoms with Crippen molar-refractivity contribution in [2.24, 2.45) is 11.5 Å². The average molecular weight is 918 g/mol. The molecule has 0 saturated heterocycles. The standard InChI is InChI=1S/C35H55N9O16.C2H4O2/c1-13(36)28(52)40-22(12-45)31(55)41-25(15(3)47)33(57)43-26(16(4)48)34(58)42-24(14(2)46)32(56)39-21(11-23(37)51)29(53)38-20(10-18-6-8-19(50)9-7-18)30(54)44-27(17(5)49)35(59)60;1-2(3)4/h6-9,13-17,20-22,24-27,45-50H,10-12,36H2,1-5H3,(H2,37,51)(H,38,53)(H,39,56)(H,40,52)(H,41,55)(H,42,58)(H,43,57)(H,44,54)(H,59,60);1H3,(H,3,4)/t13-,14+,15+,16+,17+,20-,21-,22-,24-,25-,26-,27-;/m0./s1. The van der Waals surface area contributed by atoms with Crippen LogP contribution in [-0.2, 0) is 54.4 Å². The number of carboxylic acid groups (broad SMARTS) is 2. The summed E-state index contributed by atoms with van der Waals surface area (Å²) in [4.78, 5) is 124. The summed E-state index contributed by atoms with van der Waals surface area (Å²) in [6, 6.07) is -8.69. The number of primary amides is 1. The lowest BCUT2D eigenvalue weighted by Gasteiger charge is -2.29. The first-order valence-electron chi connectivity index (χ1n) is 19.2. The molecule has 8 amide bonds. The quantitative estimate of drug-likeness (QED) is 0.0458. The van der Waals surface area contributed by atoms with Gasteiger partial charge < -0.3 is 89.5 Å². The number of benzene rings is 1. The molecule has 0 heterocycles. The molecule has 27 heteroatoms. The third-order valence-corrected chi connectivity index (χ3v) is 8.51. The van der Waals surface area contributed by atoms with Crippen LogP contribution in [0.1, 0.15) is 53.5 Å². The number of carboxylic acids is 2. The zero-order valence-corrected chi connectivity index (χ0v) is 35.7. The number of nitrogens with one attached hydrogen (secondary N) is 7. The second kappa shape index (κ2) is 27.5. The van der Waals surface area contributed by atoms with Crippen LogP contribution in [0, 0.1) is 0 Å². The van der Waals surface area contributed by atoms with Crippen molar-refractivity contribution in [3.63, 3.8) is 0 Å². The fourth-order valence-corrected chi connectivity index (χ4v) is 5.12. The number of aliphatic carboxylic acids is 2. The SMILES string of the molecule is CC(=O)O.C[C@H](N)C(=O)N[C@@H](CO)C(=O)N[C@H](C(=O)N[C@H](C(=O)N[C@H](C(=O)N[C@@H](CC(N)=O)C(=O)N[C@@H](Cc1ccc(O)cc1)C(=O)N[C@H](C(=O)O)[C@@H](C)O)[C@@H](C)O)[C@@H](C)O)[C@@H](C)O. The zero-order valence-electron chi connectivity index (χ0n) is 35.7. The van der Waals surface area contributed by atoms with Gasteiger partial charge in [-0.25, -0.2) is 4.79 Å². The summed E-state index contributed by atoms with van der Waals surface area (Å²) in [5.41, 5.74) is 11.1.